The highest BCUT2D eigenvalue weighted by Crippen LogP contribution is 2.18. The van der Waals surface area contributed by atoms with Crippen molar-refractivity contribution in [2.24, 2.45) is 0 Å². The van der Waals surface area contributed by atoms with Gasteiger partial charge in [-0.15, -0.1) is 0 Å². The van der Waals surface area contributed by atoms with Gasteiger partial charge in [0.1, 0.15) is 5.69 Å². The van der Waals surface area contributed by atoms with Crippen LogP contribution in [0.25, 0.3) is 11.5 Å². The van der Waals surface area contributed by atoms with E-state index in [0.717, 1.165) is 34.8 Å². The Morgan fingerprint density at radius 2 is 1.89 bits per heavy atom. The van der Waals surface area contributed by atoms with Crippen LogP contribution in [0.2, 0.25) is 0 Å². The minimum Gasteiger partial charge on any atom is -0.314 e. The number of hydrogen-bond acceptors (Lipinski definition) is 4. The van der Waals surface area contributed by atoms with Gasteiger partial charge in [0.05, 0.1) is 5.69 Å². The van der Waals surface area contributed by atoms with Crippen LogP contribution in [0, 0.1) is 20.8 Å². The third-order valence-corrected chi connectivity index (χ3v) is 2.69. The van der Waals surface area contributed by atoms with Crippen molar-refractivity contribution >= 4 is 0 Å². The van der Waals surface area contributed by atoms with Crippen molar-refractivity contribution in [1.29, 1.82) is 0 Å². The van der Waals surface area contributed by atoms with E-state index in [9.17, 15) is 0 Å². The zero-order valence-electron chi connectivity index (χ0n) is 11.3. The second kappa shape index (κ2) is 5.23. The molecule has 0 aromatic carbocycles. The molecule has 1 N–H and O–H groups in total. The highest BCUT2D eigenvalue weighted by Gasteiger charge is 2.09. The summed E-state index contributed by atoms with van der Waals surface area (Å²) in [5.74, 6) is 0.706. The van der Waals surface area contributed by atoms with Gasteiger partial charge in [-0.05, 0) is 45.0 Å². The van der Waals surface area contributed by atoms with Crippen LogP contribution in [0.4, 0.5) is 0 Å². The molecular weight excluding hydrogens is 224 g/mol. The van der Waals surface area contributed by atoms with Crippen LogP contribution in [0.3, 0.4) is 0 Å². The maximum absolute atomic E-state index is 4.55. The topological polar surface area (TPSA) is 50.7 Å². The largest absolute Gasteiger partial charge is 0.314 e. The lowest BCUT2D eigenvalue weighted by Gasteiger charge is -2.08. The molecule has 0 aliphatic rings. The van der Waals surface area contributed by atoms with Gasteiger partial charge in [0.25, 0.3) is 0 Å². The summed E-state index contributed by atoms with van der Waals surface area (Å²) >= 11 is 0. The van der Waals surface area contributed by atoms with Gasteiger partial charge in [-0.2, -0.15) is 0 Å². The normalized spacial score (nSPS) is 10.7. The lowest BCUT2D eigenvalue weighted by molar-refractivity contribution is 0.784. The van der Waals surface area contributed by atoms with Crippen LogP contribution < -0.4 is 5.32 Å². The first kappa shape index (κ1) is 12.6. The molecule has 0 amide bonds. The van der Waals surface area contributed by atoms with Gasteiger partial charge in [0.2, 0.25) is 0 Å². The average molecular weight is 242 g/mol. The molecule has 2 rings (SSSR count). The van der Waals surface area contributed by atoms with Crippen molar-refractivity contribution in [1.82, 2.24) is 20.3 Å². The number of aromatic nitrogens is 3. The molecule has 0 atom stereocenters. The van der Waals surface area contributed by atoms with Crippen LogP contribution in [0.15, 0.2) is 18.3 Å². The van der Waals surface area contributed by atoms with Crippen LogP contribution >= 0.6 is 0 Å². The van der Waals surface area contributed by atoms with Gasteiger partial charge < -0.3 is 5.32 Å². The lowest BCUT2D eigenvalue weighted by atomic mass is 10.1. The van der Waals surface area contributed by atoms with Crippen molar-refractivity contribution in [3.8, 4) is 11.5 Å². The fraction of sp³-hybridized carbons (Fsp3) is 0.357. The Bertz CT molecular complexity index is 564. The van der Waals surface area contributed by atoms with E-state index in [1.54, 1.807) is 0 Å². The van der Waals surface area contributed by atoms with E-state index in [1.165, 1.54) is 0 Å². The first-order valence-corrected chi connectivity index (χ1v) is 6.03. The predicted octanol–water partition coefficient (Wildman–Crippen LogP) is 2.18. The van der Waals surface area contributed by atoms with E-state index in [2.05, 4.69) is 26.3 Å². The van der Waals surface area contributed by atoms with E-state index in [-0.39, 0.29) is 0 Å². The summed E-state index contributed by atoms with van der Waals surface area (Å²) in [6.45, 7) is 6.79. The Morgan fingerprint density at radius 1 is 1.11 bits per heavy atom. The molecule has 4 heteroatoms. The number of nitrogens with one attached hydrogen (secondary N) is 1. The van der Waals surface area contributed by atoms with Crippen molar-refractivity contribution in [2.45, 2.75) is 27.3 Å². The molecule has 0 fully saturated rings. The SMILES string of the molecule is CNCc1cc(C)nc(-c2ncc(C)cc2C)n1. The number of rotatable bonds is 3. The quantitative estimate of drug-likeness (QED) is 0.896. The van der Waals surface area contributed by atoms with Crippen molar-refractivity contribution < 1.29 is 0 Å². The summed E-state index contributed by atoms with van der Waals surface area (Å²) < 4.78 is 0. The molecule has 2 aromatic rings. The molecule has 0 radical (unpaired) electrons. The smallest absolute Gasteiger partial charge is 0.178 e. The second-order valence-electron chi connectivity index (χ2n) is 4.53. The predicted molar refractivity (Wildman–Crippen MR) is 72.2 cm³/mol. The fourth-order valence-corrected chi connectivity index (χ4v) is 1.96. The fourth-order valence-electron chi connectivity index (χ4n) is 1.96. The molecule has 0 saturated carbocycles. The number of nitrogens with zero attached hydrogens (tertiary/aromatic N) is 3. The van der Waals surface area contributed by atoms with E-state index in [0.29, 0.717) is 5.82 Å². The molecule has 4 nitrogen and oxygen atoms in total. The molecule has 0 spiro atoms. The minimum absolute atomic E-state index is 0.706. The van der Waals surface area contributed by atoms with Gasteiger partial charge in [-0.25, -0.2) is 9.97 Å². The average Bonchev–Trinajstić information content (AvgIpc) is 2.28. The molecule has 2 heterocycles. The highest BCUT2D eigenvalue weighted by molar-refractivity contribution is 5.55. The van der Waals surface area contributed by atoms with Crippen LogP contribution in [-0.4, -0.2) is 22.0 Å². The number of hydrogen-bond donors (Lipinski definition) is 1. The van der Waals surface area contributed by atoms with Crippen molar-refractivity contribution in [3.63, 3.8) is 0 Å². The Kier molecular flexibility index (Phi) is 3.67. The summed E-state index contributed by atoms with van der Waals surface area (Å²) in [7, 11) is 1.91. The van der Waals surface area contributed by atoms with Crippen molar-refractivity contribution in [3.05, 3.63) is 40.8 Å². The molecular formula is C14H18N4. The lowest BCUT2D eigenvalue weighted by Crippen LogP contribution is -2.09. The van der Waals surface area contributed by atoms with E-state index < -0.39 is 0 Å². The van der Waals surface area contributed by atoms with Gasteiger partial charge >= 0.3 is 0 Å². The van der Waals surface area contributed by atoms with Crippen molar-refractivity contribution in [2.75, 3.05) is 7.05 Å². The first-order valence-electron chi connectivity index (χ1n) is 6.03. The van der Waals surface area contributed by atoms with Crippen LogP contribution in [0.1, 0.15) is 22.5 Å². The zero-order chi connectivity index (χ0) is 13.1. The maximum Gasteiger partial charge on any atom is 0.178 e. The highest BCUT2D eigenvalue weighted by atomic mass is 14.9. The monoisotopic (exact) mass is 242 g/mol. The maximum atomic E-state index is 4.55. The van der Waals surface area contributed by atoms with Gasteiger partial charge in [0, 0.05) is 18.4 Å². The minimum atomic E-state index is 0.706. The molecule has 18 heavy (non-hydrogen) atoms. The summed E-state index contributed by atoms with van der Waals surface area (Å²) in [5, 5.41) is 3.10. The van der Waals surface area contributed by atoms with E-state index in [4.69, 9.17) is 0 Å². The van der Waals surface area contributed by atoms with Crippen LogP contribution in [-0.2, 0) is 6.54 Å². The van der Waals surface area contributed by atoms with Crippen LogP contribution in [0.5, 0.6) is 0 Å². The summed E-state index contributed by atoms with van der Waals surface area (Å²) in [4.78, 5) is 13.5. The number of aryl methyl sites for hydroxylation is 3. The molecule has 94 valence electrons. The third-order valence-electron chi connectivity index (χ3n) is 2.69. The summed E-state index contributed by atoms with van der Waals surface area (Å²) in [6, 6.07) is 4.09. The molecule has 0 unspecified atom stereocenters. The molecule has 2 aromatic heterocycles. The Balaban J connectivity index is 2.49. The standard InChI is InChI=1S/C14H18N4/c1-9-5-10(2)13(16-7-9)14-17-11(3)6-12(18-14)8-15-4/h5-7,15H,8H2,1-4H3. The Hall–Kier alpha value is -1.81. The summed E-state index contributed by atoms with van der Waals surface area (Å²) in [5.41, 5.74) is 5.07. The number of pyridine rings is 1. The Morgan fingerprint density at radius 3 is 2.56 bits per heavy atom. The second-order valence-corrected chi connectivity index (χ2v) is 4.53. The Labute approximate surface area is 108 Å². The third kappa shape index (κ3) is 2.71. The van der Waals surface area contributed by atoms with E-state index >= 15 is 0 Å². The molecule has 0 aliphatic heterocycles. The molecule has 0 aliphatic carbocycles. The molecule has 0 saturated heterocycles. The van der Waals surface area contributed by atoms with Gasteiger partial charge in [-0.1, -0.05) is 6.07 Å². The zero-order valence-corrected chi connectivity index (χ0v) is 11.3. The van der Waals surface area contributed by atoms with Gasteiger partial charge in [0.15, 0.2) is 5.82 Å². The van der Waals surface area contributed by atoms with Gasteiger partial charge in [-0.3, -0.25) is 4.98 Å². The first-order chi connectivity index (χ1) is 8.60. The van der Waals surface area contributed by atoms with E-state index in [1.807, 2.05) is 40.1 Å². The molecule has 0 bridgehead atoms. The summed E-state index contributed by atoms with van der Waals surface area (Å²) in [6.07, 6.45) is 1.85.